The molecule has 0 spiro atoms. The molecule has 1 N–H and O–H groups in total. The van der Waals surface area contributed by atoms with Crippen LogP contribution in [0, 0.1) is 35.7 Å². The SMILES string of the molecule is Cc1nsc(N2CCN(C(=O)c3cc(F)c(F)c(O)c3F)CC2)c1C#N. The number of benzene rings is 1. The largest absolute Gasteiger partial charge is 0.503 e. The minimum atomic E-state index is -1.73. The zero-order valence-electron chi connectivity index (χ0n) is 13.6. The number of aromatic nitrogens is 1. The van der Waals surface area contributed by atoms with E-state index in [4.69, 9.17) is 0 Å². The minimum absolute atomic E-state index is 0.194. The highest BCUT2D eigenvalue weighted by Gasteiger charge is 2.29. The molecule has 3 rings (SSSR count). The highest BCUT2D eigenvalue weighted by Crippen LogP contribution is 2.30. The fourth-order valence-corrected chi connectivity index (χ4v) is 3.63. The van der Waals surface area contributed by atoms with Gasteiger partial charge in [-0.3, -0.25) is 4.79 Å². The van der Waals surface area contributed by atoms with Gasteiger partial charge in [0.15, 0.2) is 17.4 Å². The lowest BCUT2D eigenvalue weighted by Crippen LogP contribution is -2.49. The van der Waals surface area contributed by atoms with Crippen LogP contribution < -0.4 is 4.90 Å². The first-order valence-corrected chi connectivity index (χ1v) is 8.39. The predicted molar refractivity (Wildman–Crippen MR) is 87.7 cm³/mol. The number of carbonyl (C=O) groups excluding carboxylic acids is 1. The van der Waals surface area contributed by atoms with Crippen LogP contribution in [0.25, 0.3) is 0 Å². The number of rotatable bonds is 2. The van der Waals surface area contributed by atoms with Crippen LogP contribution in [0.1, 0.15) is 21.6 Å². The summed E-state index contributed by atoms with van der Waals surface area (Å²) in [5.41, 5.74) is 0.387. The summed E-state index contributed by atoms with van der Waals surface area (Å²) in [5, 5.41) is 19.2. The van der Waals surface area contributed by atoms with Crippen LogP contribution in [0.4, 0.5) is 18.2 Å². The van der Waals surface area contributed by atoms with E-state index in [0.29, 0.717) is 35.4 Å². The Hall–Kier alpha value is -2.80. The second-order valence-electron chi connectivity index (χ2n) is 5.72. The lowest BCUT2D eigenvalue weighted by Gasteiger charge is -2.35. The molecule has 1 saturated heterocycles. The van der Waals surface area contributed by atoms with Gasteiger partial charge < -0.3 is 14.9 Å². The molecule has 1 aliphatic heterocycles. The Balaban J connectivity index is 1.76. The van der Waals surface area contributed by atoms with Gasteiger partial charge in [0.05, 0.1) is 11.3 Å². The third kappa shape index (κ3) is 2.94. The van der Waals surface area contributed by atoms with E-state index in [9.17, 15) is 28.3 Å². The molecule has 6 nitrogen and oxygen atoms in total. The molecule has 2 aromatic rings. The summed E-state index contributed by atoms with van der Waals surface area (Å²) in [6.45, 7) is 2.87. The molecule has 0 unspecified atom stereocenters. The van der Waals surface area contributed by atoms with Crippen LogP contribution in [0.15, 0.2) is 6.07 Å². The van der Waals surface area contributed by atoms with Crippen LogP contribution in [-0.2, 0) is 0 Å². The number of nitrogens with zero attached hydrogens (tertiary/aromatic N) is 4. The molecule has 2 heterocycles. The molecule has 1 amide bonds. The number of aryl methyl sites for hydroxylation is 1. The van der Waals surface area contributed by atoms with Gasteiger partial charge in [-0.25, -0.2) is 8.78 Å². The fraction of sp³-hybridized carbons (Fsp3) is 0.312. The molecule has 0 aliphatic carbocycles. The maximum atomic E-state index is 13.9. The van der Waals surface area contributed by atoms with Crippen molar-refractivity contribution in [1.29, 1.82) is 5.26 Å². The average Bonchev–Trinajstić information content (AvgIpc) is 3.03. The van der Waals surface area contributed by atoms with Crippen molar-refractivity contribution in [2.75, 3.05) is 31.1 Å². The second kappa shape index (κ2) is 6.84. The Morgan fingerprint density at radius 3 is 2.54 bits per heavy atom. The summed E-state index contributed by atoms with van der Waals surface area (Å²) in [4.78, 5) is 15.6. The summed E-state index contributed by atoms with van der Waals surface area (Å²) in [6, 6.07) is 2.54. The highest BCUT2D eigenvalue weighted by molar-refractivity contribution is 7.10. The second-order valence-corrected chi connectivity index (χ2v) is 6.47. The zero-order valence-corrected chi connectivity index (χ0v) is 14.4. The van der Waals surface area contributed by atoms with Crippen molar-refractivity contribution in [3.05, 3.63) is 40.3 Å². The van der Waals surface area contributed by atoms with Gasteiger partial charge in [-0.2, -0.15) is 14.0 Å². The van der Waals surface area contributed by atoms with Crippen molar-refractivity contribution in [2.45, 2.75) is 6.92 Å². The van der Waals surface area contributed by atoms with E-state index >= 15 is 0 Å². The summed E-state index contributed by atoms with van der Waals surface area (Å²) < 4.78 is 44.6. The lowest BCUT2D eigenvalue weighted by atomic mass is 10.1. The number of hydrogen-bond donors (Lipinski definition) is 1. The van der Waals surface area contributed by atoms with Crippen molar-refractivity contribution < 1.29 is 23.1 Å². The summed E-state index contributed by atoms with van der Waals surface area (Å²) in [7, 11) is 0. The summed E-state index contributed by atoms with van der Waals surface area (Å²) in [5.74, 6) is -7.05. The van der Waals surface area contributed by atoms with Gasteiger partial charge >= 0.3 is 0 Å². The number of phenolic OH excluding ortho intramolecular Hbond substituents is 1. The maximum absolute atomic E-state index is 13.9. The monoisotopic (exact) mass is 382 g/mol. The predicted octanol–water partition coefficient (Wildman–Crippen LogP) is 2.41. The molecular formula is C16H13F3N4O2S. The van der Waals surface area contributed by atoms with E-state index in [2.05, 4.69) is 10.4 Å². The van der Waals surface area contributed by atoms with E-state index in [-0.39, 0.29) is 13.1 Å². The van der Waals surface area contributed by atoms with Crippen LogP contribution in [0.5, 0.6) is 5.75 Å². The number of amides is 1. The van der Waals surface area contributed by atoms with E-state index < -0.39 is 34.7 Å². The quantitative estimate of drug-likeness (QED) is 0.807. The minimum Gasteiger partial charge on any atom is -0.503 e. The molecule has 136 valence electrons. The average molecular weight is 382 g/mol. The number of anilines is 1. The van der Waals surface area contributed by atoms with E-state index in [1.807, 2.05) is 4.90 Å². The topological polar surface area (TPSA) is 80.5 Å². The van der Waals surface area contributed by atoms with Crippen LogP contribution in [-0.4, -0.2) is 46.5 Å². The molecule has 1 aliphatic rings. The molecule has 0 bridgehead atoms. The van der Waals surface area contributed by atoms with Crippen LogP contribution in [0.2, 0.25) is 0 Å². The number of halogens is 3. The first-order valence-electron chi connectivity index (χ1n) is 7.62. The highest BCUT2D eigenvalue weighted by atomic mass is 32.1. The Morgan fingerprint density at radius 2 is 1.92 bits per heavy atom. The van der Waals surface area contributed by atoms with Crippen molar-refractivity contribution in [3.8, 4) is 11.8 Å². The first kappa shape index (κ1) is 18.0. The number of phenols is 1. The standard InChI is InChI=1S/C16H13F3N4O2S/c1-8-10(7-20)16(26-21-8)23-4-2-22(3-5-23)15(25)9-6-11(17)13(19)14(24)12(9)18/h6,24H,2-5H2,1H3. The third-order valence-corrected chi connectivity index (χ3v) is 5.17. The molecule has 1 aromatic carbocycles. The number of piperazine rings is 1. The first-order chi connectivity index (χ1) is 12.3. The van der Waals surface area contributed by atoms with Crippen molar-refractivity contribution in [3.63, 3.8) is 0 Å². The lowest BCUT2D eigenvalue weighted by molar-refractivity contribution is 0.0740. The van der Waals surface area contributed by atoms with Crippen molar-refractivity contribution in [2.24, 2.45) is 0 Å². The Kier molecular flexibility index (Phi) is 4.73. The summed E-state index contributed by atoms with van der Waals surface area (Å²) >= 11 is 1.19. The molecular weight excluding hydrogens is 369 g/mol. The van der Waals surface area contributed by atoms with E-state index in [1.165, 1.54) is 16.4 Å². The Labute approximate surface area is 150 Å². The van der Waals surface area contributed by atoms with Gasteiger partial charge in [0.2, 0.25) is 5.82 Å². The molecule has 0 saturated carbocycles. The van der Waals surface area contributed by atoms with Crippen LogP contribution in [0.3, 0.4) is 0 Å². The van der Waals surface area contributed by atoms with Gasteiger partial charge in [0, 0.05) is 26.2 Å². The van der Waals surface area contributed by atoms with Crippen molar-refractivity contribution in [1.82, 2.24) is 9.27 Å². The van der Waals surface area contributed by atoms with Gasteiger partial charge in [-0.05, 0) is 24.5 Å². The van der Waals surface area contributed by atoms with Gasteiger partial charge in [0.1, 0.15) is 16.6 Å². The molecule has 26 heavy (non-hydrogen) atoms. The van der Waals surface area contributed by atoms with E-state index in [0.717, 1.165) is 0 Å². The molecule has 1 aromatic heterocycles. The molecule has 1 fully saturated rings. The smallest absolute Gasteiger partial charge is 0.257 e. The van der Waals surface area contributed by atoms with E-state index in [1.54, 1.807) is 6.92 Å². The van der Waals surface area contributed by atoms with Gasteiger partial charge in [-0.15, -0.1) is 0 Å². The molecule has 0 radical (unpaired) electrons. The maximum Gasteiger partial charge on any atom is 0.257 e. The number of hydrogen-bond acceptors (Lipinski definition) is 6. The van der Waals surface area contributed by atoms with Crippen molar-refractivity contribution >= 4 is 22.4 Å². The zero-order chi connectivity index (χ0) is 19.0. The Morgan fingerprint density at radius 1 is 1.27 bits per heavy atom. The number of carbonyl (C=O) groups is 1. The summed E-state index contributed by atoms with van der Waals surface area (Å²) in [6.07, 6.45) is 0. The normalized spacial score (nSPS) is 14.4. The molecule has 10 heteroatoms. The number of aromatic hydroxyl groups is 1. The third-order valence-electron chi connectivity index (χ3n) is 4.17. The van der Waals surface area contributed by atoms with Gasteiger partial charge in [0.25, 0.3) is 5.91 Å². The number of nitriles is 1. The Bertz CT molecular complexity index is 917. The fourth-order valence-electron chi connectivity index (χ4n) is 2.73. The van der Waals surface area contributed by atoms with Gasteiger partial charge in [-0.1, -0.05) is 0 Å². The molecule has 0 atom stereocenters. The van der Waals surface area contributed by atoms with Crippen LogP contribution >= 0.6 is 11.5 Å².